The van der Waals surface area contributed by atoms with E-state index in [2.05, 4.69) is 25.2 Å². The van der Waals surface area contributed by atoms with E-state index in [0.717, 1.165) is 25.3 Å². The van der Waals surface area contributed by atoms with Crippen LogP contribution in [0.2, 0.25) is 0 Å². The Morgan fingerprint density at radius 2 is 2.33 bits per heavy atom. The zero-order chi connectivity index (χ0) is 13.0. The highest BCUT2D eigenvalue weighted by molar-refractivity contribution is 5.86. The number of esters is 1. The molecular formula is C12H18N4O2. The van der Waals surface area contributed by atoms with Gasteiger partial charge in [0.15, 0.2) is 11.5 Å². The van der Waals surface area contributed by atoms with Gasteiger partial charge in [-0.05, 0) is 31.5 Å². The molecule has 1 atom stereocenters. The zero-order valence-electron chi connectivity index (χ0n) is 10.7. The third-order valence-corrected chi connectivity index (χ3v) is 3.22. The number of hydrogen-bond donors (Lipinski definition) is 1. The van der Waals surface area contributed by atoms with Gasteiger partial charge in [-0.1, -0.05) is 0 Å². The molecule has 6 nitrogen and oxygen atoms in total. The third kappa shape index (κ3) is 2.76. The van der Waals surface area contributed by atoms with Crippen LogP contribution in [0.3, 0.4) is 0 Å². The van der Waals surface area contributed by atoms with Gasteiger partial charge < -0.3 is 15.0 Å². The van der Waals surface area contributed by atoms with Crippen LogP contribution in [0.1, 0.15) is 23.3 Å². The molecule has 2 rings (SSSR count). The Bertz CT molecular complexity index is 401. The normalized spacial score (nSPS) is 19.3. The van der Waals surface area contributed by atoms with E-state index in [1.165, 1.54) is 13.5 Å². The van der Waals surface area contributed by atoms with Gasteiger partial charge in [-0.25, -0.2) is 4.79 Å². The lowest BCUT2D eigenvalue weighted by Crippen LogP contribution is -2.44. The van der Waals surface area contributed by atoms with Crippen molar-refractivity contribution >= 4 is 11.8 Å². The number of aromatic nitrogens is 2. The standard InChI is InChI=1S/C12H18N4O2/c1-16(9-4-3-7-13-8-9)11-6-5-10(14-15-11)12(17)18-2/h5-6,9,13H,3-4,7-8H2,1-2H3. The van der Waals surface area contributed by atoms with Gasteiger partial charge >= 0.3 is 5.97 Å². The van der Waals surface area contributed by atoms with Crippen LogP contribution in [0.25, 0.3) is 0 Å². The summed E-state index contributed by atoms with van der Waals surface area (Å²) in [5.74, 6) is 0.312. The van der Waals surface area contributed by atoms with E-state index >= 15 is 0 Å². The number of nitrogens with zero attached hydrogens (tertiary/aromatic N) is 3. The highest BCUT2D eigenvalue weighted by Gasteiger charge is 2.19. The SMILES string of the molecule is COC(=O)c1ccc(N(C)C2CCCNC2)nn1. The van der Waals surface area contributed by atoms with E-state index in [0.29, 0.717) is 6.04 Å². The third-order valence-electron chi connectivity index (χ3n) is 3.22. The van der Waals surface area contributed by atoms with Gasteiger partial charge in [-0.2, -0.15) is 0 Å². The summed E-state index contributed by atoms with van der Waals surface area (Å²) >= 11 is 0. The molecule has 0 radical (unpaired) electrons. The number of piperidine rings is 1. The minimum Gasteiger partial charge on any atom is -0.464 e. The molecular weight excluding hydrogens is 232 g/mol. The first kappa shape index (κ1) is 12.8. The molecule has 1 aliphatic rings. The Kier molecular flexibility index (Phi) is 4.09. The molecule has 0 aliphatic carbocycles. The monoisotopic (exact) mass is 250 g/mol. The fourth-order valence-corrected chi connectivity index (χ4v) is 2.08. The van der Waals surface area contributed by atoms with Crippen molar-refractivity contribution in [1.82, 2.24) is 15.5 Å². The minimum absolute atomic E-state index is 0.233. The van der Waals surface area contributed by atoms with Crippen molar-refractivity contribution in [3.8, 4) is 0 Å². The fourth-order valence-electron chi connectivity index (χ4n) is 2.08. The van der Waals surface area contributed by atoms with Crippen LogP contribution >= 0.6 is 0 Å². The fraction of sp³-hybridized carbons (Fsp3) is 0.583. The quantitative estimate of drug-likeness (QED) is 0.786. The van der Waals surface area contributed by atoms with Gasteiger partial charge in [0, 0.05) is 19.6 Å². The van der Waals surface area contributed by atoms with E-state index in [4.69, 9.17) is 0 Å². The predicted octanol–water partition coefficient (Wildman–Crippen LogP) is 0.451. The van der Waals surface area contributed by atoms with Crippen LogP contribution in [-0.4, -0.2) is 49.5 Å². The molecule has 1 saturated heterocycles. The summed E-state index contributed by atoms with van der Waals surface area (Å²) in [6, 6.07) is 3.87. The molecule has 1 aromatic heterocycles. The molecule has 1 unspecified atom stereocenters. The van der Waals surface area contributed by atoms with Gasteiger partial charge in [0.2, 0.25) is 0 Å². The number of carbonyl (C=O) groups excluding carboxylic acids is 1. The van der Waals surface area contributed by atoms with Crippen molar-refractivity contribution in [3.05, 3.63) is 17.8 Å². The molecule has 1 N–H and O–H groups in total. The number of rotatable bonds is 3. The molecule has 98 valence electrons. The molecule has 0 saturated carbocycles. The Morgan fingerprint density at radius 3 is 2.89 bits per heavy atom. The zero-order valence-corrected chi connectivity index (χ0v) is 10.7. The van der Waals surface area contributed by atoms with Crippen LogP contribution in [0.4, 0.5) is 5.82 Å². The van der Waals surface area contributed by atoms with E-state index in [-0.39, 0.29) is 5.69 Å². The maximum atomic E-state index is 11.2. The van der Waals surface area contributed by atoms with Crippen molar-refractivity contribution in [2.75, 3.05) is 32.1 Å². The first-order valence-electron chi connectivity index (χ1n) is 6.08. The van der Waals surface area contributed by atoms with E-state index in [1.807, 2.05) is 7.05 Å². The lowest BCUT2D eigenvalue weighted by molar-refractivity contribution is 0.0592. The number of anilines is 1. The lowest BCUT2D eigenvalue weighted by Gasteiger charge is -2.32. The summed E-state index contributed by atoms with van der Waals surface area (Å²) in [5, 5.41) is 11.3. The number of ether oxygens (including phenoxy) is 1. The number of carbonyl (C=O) groups is 1. The van der Waals surface area contributed by atoms with Crippen LogP contribution in [-0.2, 0) is 4.74 Å². The molecule has 0 aromatic carbocycles. The average Bonchev–Trinajstić information content (AvgIpc) is 2.47. The molecule has 18 heavy (non-hydrogen) atoms. The topological polar surface area (TPSA) is 67.3 Å². The van der Waals surface area contributed by atoms with Gasteiger partial charge in [0.25, 0.3) is 0 Å². The maximum absolute atomic E-state index is 11.2. The summed E-state index contributed by atoms with van der Waals surface area (Å²) in [5.41, 5.74) is 0.233. The Labute approximate surface area is 106 Å². The Balaban J connectivity index is 2.06. The van der Waals surface area contributed by atoms with Crippen molar-refractivity contribution in [2.45, 2.75) is 18.9 Å². The molecule has 1 fully saturated rings. The van der Waals surface area contributed by atoms with E-state index < -0.39 is 5.97 Å². The average molecular weight is 250 g/mol. The molecule has 1 aliphatic heterocycles. The maximum Gasteiger partial charge on any atom is 0.358 e. The Hall–Kier alpha value is -1.69. The van der Waals surface area contributed by atoms with Gasteiger partial charge in [0.1, 0.15) is 0 Å². The number of nitrogens with one attached hydrogen (secondary N) is 1. The Morgan fingerprint density at radius 1 is 1.50 bits per heavy atom. The van der Waals surface area contributed by atoms with Crippen molar-refractivity contribution < 1.29 is 9.53 Å². The molecule has 0 bridgehead atoms. The summed E-state index contributed by atoms with van der Waals surface area (Å²) in [6.45, 7) is 2.04. The minimum atomic E-state index is -0.462. The lowest BCUT2D eigenvalue weighted by atomic mass is 10.1. The van der Waals surface area contributed by atoms with Crippen LogP contribution in [0, 0.1) is 0 Å². The largest absolute Gasteiger partial charge is 0.464 e. The molecule has 2 heterocycles. The van der Waals surface area contributed by atoms with Crippen molar-refractivity contribution in [3.63, 3.8) is 0 Å². The number of likely N-dealkylation sites (N-methyl/N-ethyl adjacent to an activating group) is 1. The second-order valence-corrected chi connectivity index (χ2v) is 4.38. The number of hydrogen-bond acceptors (Lipinski definition) is 6. The van der Waals surface area contributed by atoms with E-state index in [9.17, 15) is 4.79 Å². The first-order valence-corrected chi connectivity index (χ1v) is 6.08. The summed E-state index contributed by atoms with van der Waals surface area (Å²) in [4.78, 5) is 13.3. The highest BCUT2D eigenvalue weighted by Crippen LogP contribution is 2.16. The summed E-state index contributed by atoms with van der Waals surface area (Å²) in [7, 11) is 3.33. The second-order valence-electron chi connectivity index (χ2n) is 4.38. The second kappa shape index (κ2) is 5.77. The number of methoxy groups -OCH3 is 1. The van der Waals surface area contributed by atoms with Gasteiger partial charge in [-0.15, -0.1) is 10.2 Å². The summed E-state index contributed by atoms with van der Waals surface area (Å²) < 4.78 is 4.59. The molecule has 1 aromatic rings. The van der Waals surface area contributed by atoms with Gasteiger partial charge in [-0.3, -0.25) is 0 Å². The summed E-state index contributed by atoms with van der Waals surface area (Å²) in [6.07, 6.45) is 2.31. The molecule has 0 amide bonds. The van der Waals surface area contributed by atoms with Crippen LogP contribution in [0.15, 0.2) is 12.1 Å². The first-order chi connectivity index (χ1) is 8.72. The molecule has 6 heteroatoms. The predicted molar refractivity (Wildman–Crippen MR) is 67.7 cm³/mol. The van der Waals surface area contributed by atoms with Gasteiger partial charge in [0.05, 0.1) is 7.11 Å². The highest BCUT2D eigenvalue weighted by atomic mass is 16.5. The smallest absolute Gasteiger partial charge is 0.358 e. The van der Waals surface area contributed by atoms with Crippen molar-refractivity contribution in [1.29, 1.82) is 0 Å². The van der Waals surface area contributed by atoms with Crippen LogP contribution < -0.4 is 10.2 Å². The van der Waals surface area contributed by atoms with Crippen LogP contribution in [0.5, 0.6) is 0 Å². The van der Waals surface area contributed by atoms with Crippen molar-refractivity contribution in [2.24, 2.45) is 0 Å². The van der Waals surface area contributed by atoms with E-state index in [1.54, 1.807) is 12.1 Å². The molecule has 0 spiro atoms.